The van der Waals surface area contributed by atoms with E-state index in [0.717, 1.165) is 11.3 Å². The van der Waals surface area contributed by atoms with Gasteiger partial charge in [-0.2, -0.15) is 0 Å². The highest BCUT2D eigenvalue weighted by molar-refractivity contribution is 7.14. The first kappa shape index (κ1) is 16.7. The summed E-state index contributed by atoms with van der Waals surface area (Å²) in [5.41, 5.74) is 2.11. The molecular weight excluding hydrogens is 367 g/mol. The van der Waals surface area contributed by atoms with Gasteiger partial charge in [0, 0.05) is 28.6 Å². The highest BCUT2D eigenvalue weighted by atomic mass is 35.5. The van der Waals surface area contributed by atoms with Gasteiger partial charge in [0.2, 0.25) is 0 Å². The average molecular weight is 379 g/mol. The lowest BCUT2D eigenvalue weighted by Crippen LogP contribution is -2.12. The SMILES string of the molecule is CNc1cc(C(=O)Nc2nc(-c3ccc(Cl)cc3)cs2)cc(Cl)n1. The molecule has 3 aromatic rings. The molecule has 0 spiro atoms. The number of hydrogen-bond acceptors (Lipinski definition) is 5. The Hall–Kier alpha value is -2.15. The summed E-state index contributed by atoms with van der Waals surface area (Å²) < 4.78 is 0. The third kappa shape index (κ3) is 3.84. The second-order valence-corrected chi connectivity index (χ2v) is 6.49. The van der Waals surface area contributed by atoms with Crippen LogP contribution in [-0.4, -0.2) is 22.9 Å². The molecule has 2 aromatic heterocycles. The molecule has 1 amide bonds. The Morgan fingerprint density at radius 1 is 1.12 bits per heavy atom. The van der Waals surface area contributed by atoms with Crippen molar-refractivity contribution < 1.29 is 4.79 Å². The van der Waals surface area contributed by atoms with Crippen LogP contribution < -0.4 is 10.6 Å². The van der Waals surface area contributed by atoms with Gasteiger partial charge in [-0.3, -0.25) is 10.1 Å². The van der Waals surface area contributed by atoms with Crippen molar-refractivity contribution in [3.8, 4) is 11.3 Å². The molecule has 0 aliphatic carbocycles. The van der Waals surface area contributed by atoms with E-state index in [1.807, 2.05) is 17.5 Å². The number of amides is 1. The molecule has 3 rings (SSSR count). The van der Waals surface area contributed by atoms with Crippen molar-refractivity contribution in [1.82, 2.24) is 9.97 Å². The highest BCUT2D eigenvalue weighted by Crippen LogP contribution is 2.26. The first-order valence-corrected chi connectivity index (χ1v) is 8.57. The minimum atomic E-state index is -0.298. The molecule has 122 valence electrons. The van der Waals surface area contributed by atoms with Gasteiger partial charge in [-0.05, 0) is 24.3 Å². The average Bonchev–Trinajstić information content (AvgIpc) is 3.03. The first-order valence-electron chi connectivity index (χ1n) is 6.93. The second-order valence-electron chi connectivity index (χ2n) is 4.81. The summed E-state index contributed by atoms with van der Waals surface area (Å²) >= 11 is 13.1. The van der Waals surface area contributed by atoms with E-state index in [1.165, 1.54) is 17.4 Å². The molecule has 1 aromatic carbocycles. The molecular formula is C16H12Cl2N4OS. The molecule has 0 aliphatic heterocycles. The van der Waals surface area contributed by atoms with Crippen LogP contribution in [0.4, 0.5) is 10.9 Å². The molecule has 0 radical (unpaired) electrons. The van der Waals surface area contributed by atoms with Crippen molar-refractivity contribution in [3.05, 3.63) is 57.5 Å². The van der Waals surface area contributed by atoms with E-state index in [4.69, 9.17) is 23.2 Å². The van der Waals surface area contributed by atoms with Gasteiger partial charge in [-0.25, -0.2) is 9.97 Å². The molecule has 5 nitrogen and oxygen atoms in total. The standard InChI is InChI=1S/C16H12Cl2N4OS/c1-19-14-7-10(6-13(18)21-14)15(23)22-16-20-12(8-24-16)9-2-4-11(17)5-3-9/h2-8H,1H3,(H,19,21)(H,20,22,23). The molecule has 8 heteroatoms. The van der Waals surface area contributed by atoms with E-state index in [-0.39, 0.29) is 11.1 Å². The largest absolute Gasteiger partial charge is 0.373 e. The Morgan fingerprint density at radius 3 is 2.58 bits per heavy atom. The summed E-state index contributed by atoms with van der Waals surface area (Å²) in [4.78, 5) is 20.8. The predicted molar refractivity (Wildman–Crippen MR) is 99.3 cm³/mol. The summed E-state index contributed by atoms with van der Waals surface area (Å²) in [6, 6.07) is 10.5. The molecule has 2 N–H and O–H groups in total. The second kappa shape index (κ2) is 7.17. The topological polar surface area (TPSA) is 66.9 Å². The number of carbonyl (C=O) groups is 1. The number of rotatable bonds is 4. The fraction of sp³-hybridized carbons (Fsp3) is 0.0625. The van der Waals surface area contributed by atoms with E-state index in [9.17, 15) is 4.79 Å². The molecule has 0 bridgehead atoms. The number of halogens is 2. The van der Waals surface area contributed by atoms with Crippen molar-refractivity contribution in [2.45, 2.75) is 0 Å². The van der Waals surface area contributed by atoms with Crippen molar-refractivity contribution in [1.29, 1.82) is 0 Å². The van der Waals surface area contributed by atoms with Gasteiger partial charge < -0.3 is 5.32 Å². The smallest absolute Gasteiger partial charge is 0.257 e. The summed E-state index contributed by atoms with van der Waals surface area (Å²) in [6.45, 7) is 0. The van der Waals surface area contributed by atoms with E-state index in [1.54, 1.807) is 25.2 Å². The van der Waals surface area contributed by atoms with Crippen LogP contribution in [0.15, 0.2) is 41.8 Å². The molecule has 0 unspecified atom stereocenters. The van der Waals surface area contributed by atoms with E-state index in [0.29, 0.717) is 21.5 Å². The number of nitrogens with one attached hydrogen (secondary N) is 2. The van der Waals surface area contributed by atoms with Gasteiger partial charge in [-0.1, -0.05) is 35.3 Å². The van der Waals surface area contributed by atoms with Gasteiger partial charge in [-0.15, -0.1) is 11.3 Å². The number of benzene rings is 1. The molecule has 0 saturated carbocycles. The number of anilines is 2. The van der Waals surface area contributed by atoms with Gasteiger partial charge in [0.1, 0.15) is 11.0 Å². The highest BCUT2D eigenvalue weighted by Gasteiger charge is 2.12. The van der Waals surface area contributed by atoms with Gasteiger partial charge in [0.15, 0.2) is 5.13 Å². The molecule has 0 fully saturated rings. The number of nitrogens with zero attached hydrogens (tertiary/aromatic N) is 2. The van der Waals surface area contributed by atoms with Gasteiger partial charge in [0.25, 0.3) is 5.91 Å². The van der Waals surface area contributed by atoms with Crippen molar-refractivity contribution in [2.75, 3.05) is 17.7 Å². The normalized spacial score (nSPS) is 10.5. The maximum Gasteiger partial charge on any atom is 0.257 e. The van der Waals surface area contributed by atoms with Crippen LogP contribution in [0, 0.1) is 0 Å². The van der Waals surface area contributed by atoms with Crippen molar-refractivity contribution in [3.63, 3.8) is 0 Å². The molecule has 0 atom stereocenters. The predicted octanol–water partition coefficient (Wildman–Crippen LogP) is 4.81. The lowest BCUT2D eigenvalue weighted by Gasteiger charge is -2.05. The van der Waals surface area contributed by atoms with Crippen molar-refractivity contribution in [2.24, 2.45) is 0 Å². The number of aromatic nitrogens is 2. The van der Waals surface area contributed by atoms with Crippen LogP contribution in [0.3, 0.4) is 0 Å². The summed E-state index contributed by atoms with van der Waals surface area (Å²) in [5.74, 6) is 0.224. The van der Waals surface area contributed by atoms with Crippen LogP contribution in [0.1, 0.15) is 10.4 Å². The Morgan fingerprint density at radius 2 is 1.88 bits per heavy atom. The number of pyridine rings is 1. The van der Waals surface area contributed by atoms with E-state index in [2.05, 4.69) is 20.6 Å². The number of hydrogen-bond donors (Lipinski definition) is 2. The first-order chi connectivity index (χ1) is 11.5. The van der Waals surface area contributed by atoms with Crippen LogP contribution in [0.25, 0.3) is 11.3 Å². The minimum Gasteiger partial charge on any atom is -0.373 e. The fourth-order valence-electron chi connectivity index (χ4n) is 2.01. The van der Waals surface area contributed by atoms with Crippen LogP contribution in [-0.2, 0) is 0 Å². The molecule has 2 heterocycles. The third-order valence-corrected chi connectivity index (χ3v) is 4.38. The van der Waals surface area contributed by atoms with E-state index >= 15 is 0 Å². The summed E-state index contributed by atoms with van der Waals surface area (Å²) in [7, 11) is 1.71. The maximum atomic E-state index is 12.3. The van der Waals surface area contributed by atoms with E-state index < -0.39 is 0 Å². The Kier molecular flexibility index (Phi) is 4.99. The lowest BCUT2D eigenvalue weighted by molar-refractivity contribution is 0.102. The van der Waals surface area contributed by atoms with Gasteiger partial charge >= 0.3 is 0 Å². The zero-order chi connectivity index (χ0) is 17.1. The van der Waals surface area contributed by atoms with Crippen molar-refractivity contribution >= 4 is 51.4 Å². The zero-order valence-electron chi connectivity index (χ0n) is 12.5. The lowest BCUT2D eigenvalue weighted by atomic mass is 10.2. The quantitative estimate of drug-likeness (QED) is 0.639. The fourth-order valence-corrected chi connectivity index (χ4v) is 3.06. The summed E-state index contributed by atoms with van der Waals surface area (Å²) in [6.07, 6.45) is 0. The Labute approximate surface area is 152 Å². The maximum absolute atomic E-state index is 12.3. The number of carbonyl (C=O) groups excluding carboxylic acids is 1. The Balaban J connectivity index is 1.78. The number of thiazole rings is 1. The van der Waals surface area contributed by atoms with Crippen LogP contribution in [0.5, 0.6) is 0 Å². The Bertz CT molecular complexity index is 880. The van der Waals surface area contributed by atoms with Crippen LogP contribution >= 0.6 is 34.5 Å². The molecule has 0 saturated heterocycles. The third-order valence-electron chi connectivity index (χ3n) is 3.18. The minimum absolute atomic E-state index is 0.244. The molecule has 24 heavy (non-hydrogen) atoms. The zero-order valence-corrected chi connectivity index (χ0v) is 14.8. The molecule has 0 aliphatic rings. The van der Waals surface area contributed by atoms with Crippen LogP contribution in [0.2, 0.25) is 10.2 Å². The summed E-state index contributed by atoms with van der Waals surface area (Å²) in [5, 5.41) is 8.91. The monoisotopic (exact) mass is 378 g/mol. The van der Waals surface area contributed by atoms with Gasteiger partial charge in [0.05, 0.1) is 5.69 Å².